The van der Waals surface area contributed by atoms with Crippen LogP contribution in [-0.4, -0.2) is 39.2 Å². The molecule has 1 aromatic carbocycles. The molecule has 0 saturated carbocycles. The Morgan fingerprint density at radius 2 is 2.07 bits per heavy atom. The monoisotopic (exact) mass is 383 g/mol. The third kappa shape index (κ3) is 3.56. The molecule has 0 unspecified atom stereocenters. The number of nitrogens with zero attached hydrogens (tertiary/aromatic N) is 5. The second-order valence-electron chi connectivity index (χ2n) is 6.26. The fourth-order valence-corrected chi connectivity index (χ4v) is 3.40. The van der Waals surface area contributed by atoms with Crippen molar-refractivity contribution in [2.75, 3.05) is 24.6 Å². The van der Waals surface area contributed by atoms with E-state index in [9.17, 15) is 4.79 Å². The van der Waals surface area contributed by atoms with Gasteiger partial charge in [-0.1, -0.05) is 29.8 Å². The molecule has 7 nitrogen and oxygen atoms in total. The number of hydrogen-bond acceptors (Lipinski definition) is 6. The molecule has 0 amide bonds. The van der Waals surface area contributed by atoms with Crippen molar-refractivity contribution in [1.29, 1.82) is 0 Å². The van der Waals surface area contributed by atoms with Crippen LogP contribution < -0.4 is 10.5 Å². The molecule has 27 heavy (non-hydrogen) atoms. The largest absolute Gasteiger partial charge is 0.370 e. The van der Waals surface area contributed by atoms with E-state index in [0.29, 0.717) is 42.1 Å². The number of aromatic nitrogens is 4. The second-order valence-corrected chi connectivity index (χ2v) is 6.67. The quantitative estimate of drug-likeness (QED) is 0.691. The Morgan fingerprint density at radius 3 is 2.85 bits per heavy atom. The van der Waals surface area contributed by atoms with Crippen LogP contribution in [-0.2, 0) is 11.8 Å². The molecule has 1 atom stereocenters. The Morgan fingerprint density at radius 1 is 1.22 bits per heavy atom. The predicted octanol–water partition coefficient (Wildman–Crippen LogP) is 2.47. The summed E-state index contributed by atoms with van der Waals surface area (Å²) in [5.41, 5.74) is 1.92. The normalized spacial score (nSPS) is 17.1. The summed E-state index contributed by atoms with van der Waals surface area (Å²) < 4.78 is 7.46. The van der Waals surface area contributed by atoms with Crippen molar-refractivity contribution >= 4 is 17.5 Å². The lowest BCUT2D eigenvalue weighted by Gasteiger charge is -2.34. The summed E-state index contributed by atoms with van der Waals surface area (Å²) in [5, 5.41) is 0.668. The SMILES string of the molecule is Cn1c(N2CCO[C@@H](c3ccccc3Cl)C2)nc(-c2ccncn2)cc1=O. The van der Waals surface area contributed by atoms with Crippen molar-refractivity contribution < 1.29 is 4.74 Å². The van der Waals surface area contributed by atoms with E-state index < -0.39 is 0 Å². The van der Waals surface area contributed by atoms with Crippen molar-refractivity contribution in [2.45, 2.75) is 6.10 Å². The van der Waals surface area contributed by atoms with Gasteiger partial charge in [-0.25, -0.2) is 15.0 Å². The van der Waals surface area contributed by atoms with Gasteiger partial charge in [-0.2, -0.15) is 0 Å². The van der Waals surface area contributed by atoms with Crippen LogP contribution in [0.15, 0.2) is 53.7 Å². The minimum Gasteiger partial charge on any atom is -0.370 e. The van der Waals surface area contributed by atoms with E-state index in [1.807, 2.05) is 29.2 Å². The summed E-state index contributed by atoms with van der Waals surface area (Å²) in [5.74, 6) is 0.580. The molecule has 2 aromatic heterocycles. The molecule has 1 aliphatic heterocycles. The summed E-state index contributed by atoms with van der Waals surface area (Å²) in [6, 6.07) is 10.9. The smallest absolute Gasteiger partial charge is 0.255 e. The van der Waals surface area contributed by atoms with Crippen molar-refractivity contribution in [3.05, 3.63) is 69.9 Å². The van der Waals surface area contributed by atoms with Gasteiger partial charge in [0.2, 0.25) is 5.95 Å². The summed E-state index contributed by atoms with van der Waals surface area (Å²) in [4.78, 5) is 27.3. The standard InChI is InChI=1S/C19H18ClN5O2/c1-24-18(26)10-16(15-6-7-21-12-22-15)23-19(24)25-8-9-27-17(11-25)13-4-2-3-5-14(13)20/h2-7,10,12,17H,8-9,11H2,1H3/t17-/m1/s1. The molecule has 4 rings (SSSR count). The first-order chi connectivity index (χ1) is 13.1. The number of halogens is 1. The minimum atomic E-state index is -0.188. The van der Waals surface area contributed by atoms with Crippen LogP contribution in [0.1, 0.15) is 11.7 Å². The van der Waals surface area contributed by atoms with E-state index >= 15 is 0 Å². The molecule has 0 spiro atoms. The Kier molecular flexibility index (Phi) is 4.87. The van der Waals surface area contributed by atoms with E-state index in [1.165, 1.54) is 12.4 Å². The van der Waals surface area contributed by atoms with E-state index in [-0.39, 0.29) is 11.7 Å². The zero-order valence-electron chi connectivity index (χ0n) is 14.7. The highest BCUT2D eigenvalue weighted by molar-refractivity contribution is 6.31. The highest BCUT2D eigenvalue weighted by Gasteiger charge is 2.26. The van der Waals surface area contributed by atoms with Crippen LogP contribution in [0.25, 0.3) is 11.4 Å². The highest BCUT2D eigenvalue weighted by atomic mass is 35.5. The zero-order chi connectivity index (χ0) is 18.8. The Hall–Kier alpha value is -2.77. The Balaban J connectivity index is 1.69. The first kappa shape index (κ1) is 17.6. The molecule has 0 aliphatic carbocycles. The maximum absolute atomic E-state index is 12.5. The van der Waals surface area contributed by atoms with E-state index in [4.69, 9.17) is 16.3 Å². The fraction of sp³-hybridized carbons (Fsp3) is 0.263. The van der Waals surface area contributed by atoms with E-state index in [0.717, 1.165) is 5.56 Å². The van der Waals surface area contributed by atoms with Gasteiger partial charge < -0.3 is 9.64 Å². The van der Waals surface area contributed by atoms with Crippen LogP contribution in [0, 0.1) is 0 Å². The van der Waals surface area contributed by atoms with Crippen LogP contribution in [0.5, 0.6) is 0 Å². The van der Waals surface area contributed by atoms with Gasteiger partial charge in [-0.15, -0.1) is 0 Å². The first-order valence-electron chi connectivity index (χ1n) is 8.59. The topological polar surface area (TPSA) is 73.1 Å². The highest BCUT2D eigenvalue weighted by Crippen LogP contribution is 2.30. The molecule has 1 saturated heterocycles. The molecule has 1 fully saturated rings. The lowest BCUT2D eigenvalue weighted by Crippen LogP contribution is -2.41. The van der Waals surface area contributed by atoms with Crippen LogP contribution in [0.2, 0.25) is 5.02 Å². The van der Waals surface area contributed by atoms with Crippen molar-refractivity contribution in [3.8, 4) is 11.4 Å². The number of morpholine rings is 1. The number of rotatable bonds is 3. The molecule has 1 aliphatic rings. The van der Waals surface area contributed by atoms with Gasteiger partial charge in [0.1, 0.15) is 12.4 Å². The molecule has 138 valence electrons. The molecule has 3 aromatic rings. The predicted molar refractivity (Wildman–Crippen MR) is 103 cm³/mol. The summed E-state index contributed by atoms with van der Waals surface area (Å²) in [6.07, 6.45) is 2.88. The minimum absolute atomic E-state index is 0.144. The van der Waals surface area contributed by atoms with Crippen LogP contribution >= 0.6 is 11.6 Å². The number of anilines is 1. The molecule has 0 bridgehead atoms. The summed E-state index contributed by atoms with van der Waals surface area (Å²) >= 11 is 6.33. The van der Waals surface area contributed by atoms with Gasteiger partial charge in [0.25, 0.3) is 5.56 Å². The van der Waals surface area contributed by atoms with Gasteiger partial charge in [0.05, 0.1) is 24.5 Å². The Bertz CT molecular complexity index is 1010. The zero-order valence-corrected chi connectivity index (χ0v) is 15.5. The molecular weight excluding hydrogens is 366 g/mol. The van der Waals surface area contributed by atoms with Gasteiger partial charge in [0.15, 0.2) is 0 Å². The number of benzene rings is 1. The fourth-order valence-electron chi connectivity index (χ4n) is 3.14. The third-order valence-electron chi connectivity index (χ3n) is 4.56. The van der Waals surface area contributed by atoms with Crippen molar-refractivity contribution in [3.63, 3.8) is 0 Å². The lowest BCUT2D eigenvalue weighted by molar-refractivity contribution is 0.0390. The van der Waals surface area contributed by atoms with E-state index in [2.05, 4.69) is 15.0 Å². The third-order valence-corrected chi connectivity index (χ3v) is 4.90. The number of hydrogen-bond donors (Lipinski definition) is 0. The average molecular weight is 384 g/mol. The number of ether oxygens (including phenoxy) is 1. The van der Waals surface area contributed by atoms with Crippen molar-refractivity contribution in [2.24, 2.45) is 7.05 Å². The molecule has 8 heteroatoms. The molecule has 0 N–H and O–H groups in total. The second kappa shape index (κ2) is 7.46. The van der Waals surface area contributed by atoms with Gasteiger partial charge in [-0.05, 0) is 12.1 Å². The van der Waals surface area contributed by atoms with Crippen molar-refractivity contribution in [1.82, 2.24) is 19.5 Å². The molecule has 0 radical (unpaired) electrons. The first-order valence-corrected chi connectivity index (χ1v) is 8.96. The van der Waals surface area contributed by atoms with Gasteiger partial charge in [0, 0.05) is 36.4 Å². The van der Waals surface area contributed by atoms with E-state index in [1.54, 1.807) is 23.9 Å². The summed E-state index contributed by atoms with van der Waals surface area (Å²) in [6.45, 7) is 1.70. The van der Waals surface area contributed by atoms with Crippen LogP contribution in [0.3, 0.4) is 0 Å². The molecule has 3 heterocycles. The van der Waals surface area contributed by atoms with Gasteiger partial charge >= 0.3 is 0 Å². The Labute approximate surface area is 161 Å². The van der Waals surface area contributed by atoms with Gasteiger partial charge in [-0.3, -0.25) is 9.36 Å². The average Bonchev–Trinajstić information content (AvgIpc) is 2.71. The lowest BCUT2D eigenvalue weighted by atomic mass is 10.1. The maximum Gasteiger partial charge on any atom is 0.255 e. The molecular formula is C19H18ClN5O2. The maximum atomic E-state index is 12.5. The van der Waals surface area contributed by atoms with Crippen LogP contribution in [0.4, 0.5) is 5.95 Å². The summed E-state index contributed by atoms with van der Waals surface area (Å²) in [7, 11) is 1.72.